The van der Waals surface area contributed by atoms with Crippen molar-refractivity contribution in [2.75, 3.05) is 39.6 Å². The zero-order valence-corrected chi connectivity index (χ0v) is 54.3. The normalized spacial score (nSPS) is 56.9. The second kappa shape index (κ2) is 29.1. The summed E-state index contributed by atoms with van der Waals surface area (Å²) in [5.41, 5.74) is -0.897. The molecule has 8 heterocycles. The van der Waals surface area contributed by atoms with E-state index in [9.17, 15) is 96.7 Å². The Hall–Kier alpha value is -1.61. The first-order valence-corrected chi connectivity index (χ1v) is 34.2. The number of ether oxygens (including phenoxy) is 14. The topological polar surface area (TPSA) is 510 Å². The molecular weight excluding hydrogens is 1280 g/mol. The highest BCUT2D eigenvalue weighted by Gasteiger charge is 2.72. The van der Waals surface area contributed by atoms with Gasteiger partial charge in [0.25, 0.3) is 0 Å². The molecule has 33 heteroatoms. The third kappa shape index (κ3) is 12.9. The van der Waals surface area contributed by atoms with Crippen LogP contribution in [0.15, 0.2) is 0 Å². The van der Waals surface area contributed by atoms with Crippen LogP contribution in [-0.4, -0.2) is 340 Å². The predicted octanol–water partition coefficient (Wildman–Crippen LogP) is -7.05. The van der Waals surface area contributed by atoms with Crippen molar-refractivity contribution in [3.8, 4) is 0 Å². The van der Waals surface area contributed by atoms with Gasteiger partial charge >= 0.3 is 0 Å². The van der Waals surface area contributed by atoms with Gasteiger partial charge in [-0.15, -0.1) is 0 Å². The van der Waals surface area contributed by atoms with Crippen molar-refractivity contribution in [2.24, 2.45) is 52.3 Å². The van der Waals surface area contributed by atoms with Gasteiger partial charge in [0.05, 0.1) is 58.0 Å². The smallest absolute Gasteiger partial charge is 0.187 e. The van der Waals surface area contributed by atoms with E-state index in [2.05, 4.69) is 27.7 Å². The van der Waals surface area contributed by atoms with Crippen LogP contribution >= 0.6 is 0 Å². The molecule has 42 atom stereocenters. The molecule has 0 bridgehead atoms. The van der Waals surface area contributed by atoms with Crippen molar-refractivity contribution < 1.29 is 163 Å². The van der Waals surface area contributed by atoms with Crippen LogP contribution in [-0.2, 0) is 71.1 Å². The molecule has 8 aliphatic heterocycles. The Balaban J connectivity index is 0.778. The van der Waals surface area contributed by atoms with Gasteiger partial charge in [-0.25, -0.2) is 0 Å². The largest absolute Gasteiger partial charge is 0.394 e. The number of ketones is 1. The first kappa shape index (κ1) is 74.1. The second-order valence-electron chi connectivity index (χ2n) is 29.8. The molecule has 4 aliphatic carbocycles. The Kier molecular flexibility index (Phi) is 22.5. The summed E-state index contributed by atoms with van der Waals surface area (Å²) in [6, 6.07) is 0. The Morgan fingerprint density at radius 3 is 1.47 bits per heavy atom. The van der Waals surface area contributed by atoms with E-state index in [1.165, 1.54) is 6.92 Å². The van der Waals surface area contributed by atoms with Gasteiger partial charge in [0.1, 0.15) is 146 Å². The van der Waals surface area contributed by atoms with Crippen LogP contribution in [0.4, 0.5) is 0 Å². The standard InChI is InChI=1S/C63H102O33/c1-21-8-11-63(83-20-21)22(2)36-29(96-63)13-28-26-7-6-24-12-25(9-10-61(24,4)27(26)14-35(69)62(28,36)5)85-60-54(95-59-49(82)53(40(73)32(17-66)88-59)93-56-45(78)42(75)38(71)30(15-64)86-56)47(80)51(34(19-68)90-60)92-58-48(81)52(39(72)31(16-65)87-58)94-57-46(79)43(76)50(33(18-67)89-57)91-55-44(77)41(74)37(70)23(3)84-55/h21-34,36-60,64-68,70-82H,6-20H2,1-5H3. The van der Waals surface area contributed by atoms with Crippen molar-refractivity contribution in [2.45, 2.75) is 295 Å². The minimum Gasteiger partial charge on any atom is -0.394 e. The van der Waals surface area contributed by atoms with E-state index in [-0.39, 0.29) is 52.8 Å². The number of aliphatic hydroxyl groups is 18. The molecule has 96 heavy (non-hydrogen) atoms. The molecule has 0 radical (unpaired) electrons. The molecule has 42 unspecified atom stereocenters. The lowest BCUT2D eigenvalue weighted by Gasteiger charge is -2.61. The number of carbonyl (C=O) groups excluding carboxylic acids is 1. The lowest BCUT2D eigenvalue weighted by Crippen LogP contribution is -2.68. The molecule has 0 aromatic rings. The highest BCUT2D eigenvalue weighted by molar-refractivity contribution is 5.87. The molecule has 1 spiro atoms. The summed E-state index contributed by atoms with van der Waals surface area (Å²) < 4.78 is 85.4. The van der Waals surface area contributed by atoms with Crippen LogP contribution in [0, 0.1) is 52.3 Å². The van der Waals surface area contributed by atoms with E-state index in [4.69, 9.17) is 66.3 Å². The van der Waals surface area contributed by atoms with Gasteiger partial charge in [0.2, 0.25) is 0 Å². The van der Waals surface area contributed by atoms with Gasteiger partial charge in [-0.05, 0) is 86.9 Å². The summed E-state index contributed by atoms with van der Waals surface area (Å²) >= 11 is 0. The number of Topliss-reactive ketones (excluding diaryl/α,β-unsaturated/α-hetero) is 1. The summed E-state index contributed by atoms with van der Waals surface area (Å²) in [6.07, 6.45) is -50.4. The highest BCUT2D eigenvalue weighted by atomic mass is 16.8. The summed E-state index contributed by atoms with van der Waals surface area (Å²) in [4.78, 5) is 15.0. The molecule has 12 rings (SSSR count). The van der Waals surface area contributed by atoms with E-state index in [1.807, 2.05) is 0 Å². The SMILES string of the molecule is CC1CCC2(OC1)OC1CC3C4CCC5CC(OC6OC(CO)C(OC7OC(CO)C(O)C(OC8OC(CO)C(OC9OC(C)C(O)C(O)C9O)C(O)C8O)C7O)C(O)C6OC6OC(CO)C(O)C(OC7OC(CO)C(O)C(O)C7O)C6O)CCC5(C)C4CC(=O)C3(C)C1C2C. The molecule has 4 saturated carbocycles. The van der Waals surface area contributed by atoms with Gasteiger partial charge in [0.15, 0.2) is 43.5 Å². The number of rotatable bonds is 17. The van der Waals surface area contributed by atoms with Crippen molar-refractivity contribution in [1.29, 1.82) is 0 Å². The third-order valence-electron chi connectivity index (χ3n) is 24.5. The van der Waals surface area contributed by atoms with Crippen LogP contribution in [0.3, 0.4) is 0 Å². The number of aliphatic hydroxyl groups excluding tert-OH is 18. The van der Waals surface area contributed by atoms with Gasteiger partial charge in [-0.3, -0.25) is 4.79 Å². The predicted molar refractivity (Wildman–Crippen MR) is 313 cm³/mol. The monoisotopic (exact) mass is 1390 g/mol. The Bertz CT molecular complexity index is 2590. The molecule has 552 valence electrons. The quantitative estimate of drug-likeness (QED) is 0.0602. The maximum absolute atomic E-state index is 15.0. The summed E-state index contributed by atoms with van der Waals surface area (Å²) in [5, 5.41) is 198. The van der Waals surface area contributed by atoms with E-state index in [1.54, 1.807) is 0 Å². The lowest BCUT2D eigenvalue weighted by atomic mass is 9.44. The van der Waals surface area contributed by atoms with Crippen LogP contribution in [0.25, 0.3) is 0 Å². The number of hydrogen-bond donors (Lipinski definition) is 18. The van der Waals surface area contributed by atoms with Crippen molar-refractivity contribution in [3.63, 3.8) is 0 Å². The molecule has 0 aromatic carbocycles. The fourth-order valence-corrected chi connectivity index (χ4v) is 18.8. The van der Waals surface area contributed by atoms with Crippen molar-refractivity contribution >= 4 is 5.78 Å². The van der Waals surface area contributed by atoms with Crippen LogP contribution in [0.2, 0.25) is 0 Å². The molecule has 33 nitrogen and oxygen atoms in total. The van der Waals surface area contributed by atoms with E-state index in [0.717, 1.165) is 32.1 Å². The minimum absolute atomic E-state index is 0.0161. The zero-order valence-electron chi connectivity index (χ0n) is 54.3. The van der Waals surface area contributed by atoms with Gasteiger partial charge in [0, 0.05) is 30.1 Å². The van der Waals surface area contributed by atoms with Gasteiger partial charge < -0.3 is 158 Å². The van der Waals surface area contributed by atoms with Crippen LogP contribution in [0.1, 0.15) is 92.4 Å². The number of hydrogen-bond acceptors (Lipinski definition) is 33. The molecule has 12 fully saturated rings. The molecule has 8 saturated heterocycles. The second-order valence-corrected chi connectivity index (χ2v) is 29.8. The molecule has 0 aromatic heterocycles. The van der Waals surface area contributed by atoms with E-state index >= 15 is 0 Å². The fourth-order valence-electron chi connectivity index (χ4n) is 18.8. The number of carbonyl (C=O) groups is 1. The van der Waals surface area contributed by atoms with Gasteiger partial charge in [-0.1, -0.05) is 27.7 Å². The molecule has 18 N–H and O–H groups in total. The van der Waals surface area contributed by atoms with Gasteiger partial charge in [-0.2, -0.15) is 0 Å². The molecule has 12 aliphatic rings. The summed E-state index contributed by atoms with van der Waals surface area (Å²) in [7, 11) is 0. The Morgan fingerprint density at radius 1 is 0.438 bits per heavy atom. The van der Waals surface area contributed by atoms with Crippen LogP contribution in [0.5, 0.6) is 0 Å². The van der Waals surface area contributed by atoms with E-state index < -0.39 is 235 Å². The van der Waals surface area contributed by atoms with Crippen molar-refractivity contribution in [1.82, 2.24) is 0 Å². The van der Waals surface area contributed by atoms with E-state index in [0.29, 0.717) is 38.2 Å². The first-order valence-electron chi connectivity index (χ1n) is 34.2. The molecular formula is C63H102O33. The fraction of sp³-hybridized carbons (Fsp3) is 0.984. The molecule has 0 amide bonds. The highest BCUT2D eigenvalue weighted by Crippen LogP contribution is 2.70. The Labute approximate surface area is 553 Å². The third-order valence-corrected chi connectivity index (χ3v) is 24.5. The average Bonchev–Trinajstić information content (AvgIpc) is 1.50. The maximum atomic E-state index is 15.0. The van der Waals surface area contributed by atoms with Crippen LogP contribution < -0.4 is 0 Å². The minimum atomic E-state index is -2.20. The number of fused-ring (bicyclic) bond motifs is 7. The Morgan fingerprint density at radius 2 is 0.917 bits per heavy atom. The summed E-state index contributed by atoms with van der Waals surface area (Å²) in [6.45, 7) is 6.03. The zero-order chi connectivity index (χ0) is 69.1. The first-order chi connectivity index (χ1) is 45.6. The lowest BCUT2D eigenvalue weighted by molar-refractivity contribution is -0.405. The summed E-state index contributed by atoms with van der Waals surface area (Å²) in [5.74, 6) is 0.473. The average molecular weight is 1390 g/mol. The maximum Gasteiger partial charge on any atom is 0.187 e. The van der Waals surface area contributed by atoms with Crippen molar-refractivity contribution in [3.05, 3.63) is 0 Å².